The van der Waals surface area contributed by atoms with Gasteiger partial charge in [0.15, 0.2) is 0 Å². The molecule has 0 aliphatic rings. The van der Waals surface area contributed by atoms with Crippen LogP contribution in [0.15, 0.2) is 22.7 Å². The van der Waals surface area contributed by atoms with Gasteiger partial charge in [-0.15, -0.1) is 0 Å². The molecule has 0 spiro atoms. The fourth-order valence-electron chi connectivity index (χ4n) is 1.48. The van der Waals surface area contributed by atoms with Crippen molar-refractivity contribution in [2.45, 2.75) is 20.0 Å². The summed E-state index contributed by atoms with van der Waals surface area (Å²) < 4.78 is 6.42. The molecule has 3 nitrogen and oxygen atoms in total. The first-order valence-corrected chi connectivity index (χ1v) is 6.36. The molecule has 0 saturated heterocycles. The summed E-state index contributed by atoms with van der Waals surface area (Å²) in [6.07, 6.45) is 0.240. The van der Waals surface area contributed by atoms with Gasteiger partial charge in [0.1, 0.15) is 6.07 Å². The average molecular weight is 297 g/mol. The maximum atomic E-state index is 9.08. The van der Waals surface area contributed by atoms with Crippen LogP contribution in [0.25, 0.3) is 0 Å². The lowest BCUT2D eigenvalue weighted by molar-refractivity contribution is 0.0846. The number of ether oxygens (including phenoxy) is 1. The van der Waals surface area contributed by atoms with E-state index in [0.29, 0.717) is 12.2 Å². The molecule has 0 aromatic heterocycles. The van der Waals surface area contributed by atoms with Gasteiger partial charge in [-0.25, -0.2) is 0 Å². The molecule has 0 atom stereocenters. The maximum Gasteiger partial charge on any atom is 0.101 e. The predicted octanol–water partition coefficient (Wildman–Crippen LogP) is 3.18. The summed E-state index contributed by atoms with van der Waals surface area (Å²) in [6.45, 7) is 5.46. The Bertz CT molecular complexity index is 412. The van der Waals surface area contributed by atoms with Crippen LogP contribution in [-0.2, 0) is 4.74 Å². The minimum atomic E-state index is 0.240. The SMILES string of the molecule is CC(C)OCCN(C)c1ccc(Br)cc1C#N. The van der Waals surface area contributed by atoms with Crippen molar-refractivity contribution in [2.75, 3.05) is 25.1 Å². The van der Waals surface area contributed by atoms with Gasteiger partial charge in [-0.05, 0) is 32.0 Å². The fourth-order valence-corrected chi connectivity index (χ4v) is 1.84. The zero-order valence-electron chi connectivity index (χ0n) is 10.4. The quantitative estimate of drug-likeness (QED) is 0.837. The third kappa shape index (κ3) is 4.37. The van der Waals surface area contributed by atoms with Gasteiger partial charge >= 0.3 is 0 Å². The third-order valence-corrected chi connectivity index (χ3v) is 2.86. The minimum absolute atomic E-state index is 0.240. The Morgan fingerprint density at radius 2 is 2.18 bits per heavy atom. The highest BCUT2D eigenvalue weighted by Crippen LogP contribution is 2.22. The van der Waals surface area contributed by atoms with E-state index in [1.807, 2.05) is 44.0 Å². The van der Waals surface area contributed by atoms with Gasteiger partial charge < -0.3 is 9.64 Å². The van der Waals surface area contributed by atoms with Gasteiger partial charge in [-0.1, -0.05) is 15.9 Å². The van der Waals surface area contributed by atoms with Crippen molar-refractivity contribution >= 4 is 21.6 Å². The van der Waals surface area contributed by atoms with E-state index in [-0.39, 0.29) is 6.10 Å². The summed E-state index contributed by atoms with van der Waals surface area (Å²) in [7, 11) is 1.97. The second-order valence-electron chi connectivity index (χ2n) is 4.11. The van der Waals surface area contributed by atoms with Crippen LogP contribution in [0, 0.1) is 11.3 Å². The van der Waals surface area contributed by atoms with Crippen LogP contribution in [0.3, 0.4) is 0 Å². The molecule has 1 rings (SSSR count). The lowest BCUT2D eigenvalue weighted by atomic mass is 10.2. The van der Waals surface area contributed by atoms with Gasteiger partial charge in [0, 0.05) is 18.1 Å². The molecule has 92 valence electrons. The Labute approximate surface area is 111 Å². The van der Waals surface area contributed by atoms with Crippen molar-refractivity contribution < 1.29 is 4.74 Å². The van der Waals surface area contributed by atoms with Gasteiger partial charge in [0.25, 0.3) is 0 Å². The number of halogens is 1. The molecular weight excluding hydrogens is 280 g/mol. The van der Waals surface area contributed by atoms with Crippen LogP contribution in [0.4, 0.5) is 5.69 Å². The van der Waals surface area contributed by atoms with Gasteiger partial charge in [0.05, 0.1) is 24.0 Å². The van der Waals surface area contributed by atoms with Crippen molar-refractivity contribution in [2.24, 2.45) is 0 Å². The molecule has 1 aromatic carbocycles. The first-order valence-electron chi connectivity index (χ1n) is 5.57. The fraction of sp³-hybridized carbons (Fsp3) is 0.462. The van der Waals surface area contributed by atoms with Crippen LogP contribution in [-0.4, -0.2) is 26.3 Å². The molecule has 0 heterocycles. The predicted molar refractivity (Wildman–Crippen MR) is 73.2 cm³/mol. The van der Waals surface area contributed by atoms with Crippen molar-refractivity contribution in [3.63, 3.8) is 0 Å². The van der Waals surface area contributed by atoms with Crippen molar-refractivity contribution in [1.82, 2.24) is 0 Å². The smallest absolute Gasteiger partial charge is 0.101 e. The summed E-state index contributed by atoms with van der Waals surface area (Å²) >= 11 is 3.36. The van der Waals surface area contributed by atoms with E-state index < -0.39 is 0 Å². The standard InChI is InChI=1S/C13H17BrN2O/c1-10(2)17-7-6-16(3)13-5-4-12(14)8-11(13)9-15/h4-5,8,10H,6-7H2,1-3H3. The average Bonchev–Trinajstić information content (AvgIpc) is 2.28. The number of rotatable bonds is 5. The summed E-state index contributed by atoms with van der Waals surface area (Å²) in [4.78, 5) is 2.04. The molecule has 17 heavy (non-hydrogen) atoms. The third-order valence-electron chi connectivity index (χ3n) is 2.37. The number of hydrogen-bond donors (Lipinski definition) is 0. The molecule has 0 fully saturated rings. The van der Waals surface area contributed by atoms with Crippen LogP contribution in [0.2, 0.25) is 0 Å². The van der Waals surface area contributed by atoms with E-state index in [9.17, 15) is 0 Å². The molecule has 0 aliphatic heterocycles. The first-order chi connectivity index (χ1) is 8.04. The molecule has 0 radical (unpaired) electrons. The van der Waals surface area contributed by atoms with Crippen LogP contribution in [0.5, 0.6) is 0 Å². The molecule has 4 heteroatoms. The van der Waals surface area contributed by atoms with E-state index >= 15 is 0 Å². The summed E-state index contributed by atoms with van der Waals surface area (Å²) in [5, 5.41) is 9.08. The highest BCUT2D eigenvalue weighted by Gasteiger charge is 2.07. The van der Waals surface area contributed by atoms with E-state index in [1.54, 1.807) is 0 Å². The summed E-state index contributed by atoms with van der Waals surface area (Å²) in [6, 6.07) is 7.92. The molecule has 0 unspecified atom stereocenters. The summed E-state index contributed by atoms with van der Waals surface area (Å²) in [5.74, 6) is 0. The molecule has 0 saturated carbocycles. The second-order valence-corrected chi connectivity index (χ2v) is 5.03. The van der Waals surface area contributed by atoms with Gasteiger partial charge in [0.2, 0.25) is 0 Å². The van der Waals surface area contributed by atoms with E-state index in [1.165, 1.54) is 0 Å². The lowest BCUT2D eigenvalue weighted by Gasteiger charge is -2.21. The number of benzene rings is 1. The van der Waals surface area contributed by atoms with Crippen molar-refractivity contribution in [3.05, 3.63) is 28.2 Å². The monoisotopic (exact) mass is 296 g/mol. The molecule has 1 aromatic rings. The van der Waals surface area contributed by atoms with E-state index in [4.69, 9.17) is 10.00 Å². The van der Waals surface area contributed by atoms with Crippen molar-refractivity contribution in [3.8, 4) is 6.07 Å². The highest BCUT2D eigenvalue weighted by atomic mass is 79.9. The number of nitrogens with zero attached hydrogens (tertiary/aromatic N) is 2. The Balaban J connectivity index is 2.69. The lowest BCUT2D eigenvalue weighted by Crippen LogP contribution is -2.24. The molecule has 0 amide bonds. The topological polar surface area (TPSA) is 36.3 Å². The zero-order chi connectivity index (χ0) is 12.8. The van der Waals surface area contributed by atoms with Crippen LogP contribution in [0.1, 0.15) is 19.4 Å². The number of anilines is 1. The van der Waals surface area contributed by atoms with Crippen molar-refractivity contribution in [1.29, 1.82) is 5.26 Å². The first kappa shape index (κ1) is 14.0. The maximum absolute atomic E-state index is 9.08. The Kier molecular flexibility index (Phi) is 5.46. The van der Waals surface area contributed by atoms with Crippen LogP contribution >= 0.6 is 15.9 Å². The van der Waals surface area contributed by atoms with Gasteiger partial charge in [-0.2, -0.15) is 5.26 Å². The number of nitriles is 1. The molecular formula is C13H17BrN2O. The van der Waals surface area contributed by atoms with Crippen LogP contribution < -0.4 is 4.90 Å². The molecule has 0 N–H and O–H groups in total. The normalized spacial score (nSPS) is 10.4. The minimum Gasteiger partial charge on any atom is -0.377 e. The van der Waals surface area contributed by atoms with Gasteiger partial charge in [-0.3, -0.25) is 0 Å². The zero-order valence-corrected chi connectivity index (χ0v) is 12.0. The number of hydrogen-bond acceptors (Lipinski definition) is 3. The largest absolute Gasteiger partial charge is 0.377 e. The Morgan fingerprint density at radius 1 is 1.47 bits per heavy atom. The Morgan fingerprint density at radius 3 is 2.76 bits per heavy atom. The summed E-state index contributed by atoms with van der Waals surface area (Å²) in [5.41, 5.74) is 1.61. The molecule has 0 aliphatic carbocycles. The Hall–Kier alpha value is -1.05. The second kappa shape index (κ2) is 6.63. The number of likely N-dealkylation sites (N-methyl/N-ethyl adjacent to an activating group) is 1. The van der Waals surface area contributed by atoms with E-state index in [0.717, 1.165) is 16.7 Å². The van der Waals surface area contributed by atoms with E-state index in [2.05, 4.69) is 22.0 Å². The molecule has 0 bridgehead atoms. The highest BCUT2D eigenvalue weighted by molar-refractivity contribution is 9.10.